The zero-order chi connectivity index (χ0) is 28.0. The number of benzene rings is 5. The Hall–Kier alpha value is -2.91. The van der Waals surface area contributed by atoms with E-state index in [1.54, 1.807) is 0 Å². The highest BCUT2D eigenvalue weighted by Gasteiger charge is 2.47. The van der Waals surface area contributed by atoms with E-state index in [1.165, 1.54) is 32.3 Å². The van der Waals surface area contributed by atoms with Crippen molar-refractivity contribution in [2.75, 3.05) is 0 Å². The first kappa shape index (κ1) is 28.6. The standard InChI is InChI=1S/C36H36B2P2/c1-3-35(39(37,31-20-9-5-10-21-31)32-22-11-6-12-23-32)29-18-17-19-30(28-29)36(4-2)40(38,33-24-13-7-14-25-33)34-26-15-8-16-27-34/h5-28,35-36H,3-4H2,1-2H3/q+2/t35-,36-/m0/s1. The average Bonchev–Trinajstić information content (AvgIpc) is 3.03. The minimum absolute atomic E-state index is 0.189. The molecule has 0 saturated heterocycles. The quantitative estimate of drug-likeness (QED) is 0.121. The third-order valence-corrected chi connectivity index (χ3v) is 16.1. The molecule has 4 radical (unpaired) electrons. The van der Waals surface area contributed by atoms with Crippen LogP contribution in [0.15, 0.2) is 146 Å². The summed E-state index contributed by atoms with van der Waals surface area (Å²) in [5.41, 5.74) is 2.98. The second-order valence-corrected chi connectivity index (χ2v) is 16.8. The zero-order valence-corrected chi connectivity index (χ0v) is 25.3. The molecule has 0 unspecified atom stereocenters. The molecular weight excluding hydrogens is 516 g/mol. The molecule has 0 fully saturated rings. The van der Waals surface area contributed by atoms with Crippen LogP contribution in [0.2, 0.25) is 0 Å². The van der Waals surface area contributed by atoms with Gasteiger partial charge in [0.1, 0.15) is 0 Å². The van der Waals surface area contributed by atoms with Gasteiger partial charge in [0.25, 0.3) is 0 Å². The van der Waals surface area contributed by atoms with Gasteiger partial charge in [0.05, 0.1) is 32.5 Å². The van der Waals surface area contributed by atoms with Crippen molar-refractivity contribution in [2.45, 2.75) is 38.0 Å². The molecule has 0 aliphatic heterocycles. The van der Waals surface area contributed by atoms with Crippen molar-refractivity contribution in [3.8, 4) is 0 Å². The van der Waals surface area contributed by atoms with E-state index in [1.807, 2.05) is 0 Å². The van der Waals surface area contributed by atoms with Gasteiger partial charge in [-0.25, -0.2) is 0 Å². The first-order valence-corrected chi connectivity index (χ1v) is 18.1. The van der Waals surface area contributed by atoms with E-state index in [4.69, 9.17) is 15.1 Å². The van der Waals surface area contributed by atoms with Crippen LogP contribution < -0.4 is 21.2 Å². The Bertz CT molecular complexity index is 1300. The normalized spacial score (nSPS) is 13.4. The second-order valence-electron chi connectivity index (χ2n) is 10.4. The van der Waals surface area contributed by atoms with E-state index < -0.39 is 14.3 Å². The SMILES string of the molecule is [B][P+](c1ccccc1)(c1ccccc1)[C@@H](CC)c1cccc([C@H](CC)[P+]([B])(c2ccccc2)c2ccccc2)c1. The van der Waals surface area contributed by atoms with Gasteiger partial charge in [0.15, 0.2) is 0 Å². The van der Waals surface area contributed by atoms with Crippen LogP contribution >= 0.6 is 14.3 Å². The third-order valence-electron chi connectivity index (χ3n) is 8.17. The molecule has 0 aliphatic carbocycles. The Morgan fingerprint density at radius 1 is 0.425 bits per heavy atom. The van der Waals surface area contributed by atoms with Crippen LogP contribution in [0.5, 0.6) is 0 Å². The molecule has 0 amide bonds. The van der Waals surface area contributed by atoms with Crippen molar-refractivity contribution in [1.29, 1.82) is 0 Å². The van der Waals surface area contributed by atoms with Crippen LogP contribution in [0.1, 0.15) is 49.1 Å². The molecule has 5 aromatic carbocycles. The first-order valence-electron chi connectivity index (χ1n) is 14.2. The van der Waals surface area contributed by atoms with Crippen LogP contribution in [-0.2, 0) is 0 Å². The minimum Gasteiger partial charge on any atom is -0.0620 e. The van der Waals surface area contributed by atoms with Gasteiger partial charge < -0.3 is 0 Å². The molecule has 0 nitrogen and oxygen atoms in total. The Morgan fingerprint density at radius 2 is 0.700 bits per heavy atom. The van der Waals surface area contributed by atoms with E-state index in [0.717, 1.165) is 12.8 Å². The summed E-state index contributed by atoms with van der Waals surface area (Å²) in [6.45, 7) is 4.55. The van der Waals surface area contributed by atoms with E-state index in [0.29, 0.717) is 0 Å². The lowest BCUT2D eigenvalue weighted by Gasteiger charge is -2.34. The molecule has 4 heteroatoms. The lowest BCUT2D eigenvalue weighted by atomic mass is 10.0. The van der Waals surface area contributed by atoms with Crippen LogP contribution in [0.25, 0.3) is 0 Å². The zero-order valence-electron chi connectivity index (χ0n) is 23.5. The van der Waals surface area contributed by atoms with Crippen LogP contribution in [0.3, 0.4) is 0 Å². The third kappa shape index (κ3) is 5.38. The molecule has 5 rings (SSSR count). The predicted molar refractivity (Wildman–Crippen MR) is 182 cm³/mol. The van der Waals surface area contributed by atoms with Crippen molar-refractivity contribution in [1.82, 2.24) is 0 Å². The molecule has 0 N–H and O–H groups in total. The summed E-state index contributed by atoms with van der Waals surface area (Å²) in [5.74, 6) is 0. The Labute approximate surface area is 244 Å². The van der Waals surface area contributed by atoms with Crippen LogP contribution in [0, 0.1) is 0 Å². The fourth-order valence-corrected chi connectivity index (χ4v) is 13.3. The maximum atomic E-state index is 7.65. The number of hydrogen-bond donors (Lipinski definition) is 0. The Morgan fingerprint density at radius 3 is 0.950 bits per heavy atom. The van der Waals surface area contributed by atoms with Crippen molar-refractivity contribution < 1.29 is 0 Å². The molecule has 5 aromatic rings. The van der Waals surface area contributed by atoms with E-state index in [9.17, 15) is 0 Å². The summed E-state index contributed by atoms with van der Waals surface area (Å²) in [6, 6.07) is 52.1. The average molecular weight is 552 g/mol. The monoisotopic (exact) mass is 552 g/mol. The lowest BCUT2D eigenvalue weighted by Crippen LogP contribution is -2.28. The summed E-state index contributed by atoms with van der Waals surface area (Å²) in [5, 5.41) is 4.94. The number of rotatable bonds is 10. The molecule has 0 bridgehead atoms. The van der Waals surface area contributed by atoms with Crippen LogP contribution in [-0.4, -0.2) is 15.1 Å². The molecule has 2 atom stereocenters. The Kier molecular flexibility index (Phi) is 9.10. The maximum Gasteiger partial charge on any atom is 0.378 e. The first-order chi connectivity index (χ1) is 19.5. The molecule has 0 saturated carbocycles. The molecule has 40 heavy (non-hydrogen) atoms. The summed E-state index contributed by atoms with van der Waals surface area (Å²) < 4.78 is 0. The van der Waals surface area contributed by atoms with Gasteiger partial charge in [-0.05, 0) is 78.6 Å². The molecule has 0 heterocycles. The van der Waals surface area contributed by atoms with Crippen molar-refractivity contribution >= 4 is 50.6 Å². The van der Waals surface area contributed by atoms with Gasteiger partial charge in [0, 0.05) is 14.3 Å². The molecule has 194 valence electrons. The Balaban J connectivity index is 1.66. The largest absolute Gasteiger partial charge is 0.378 e. The van der Waals surface area contributed by atoms with Crippen molar-refractivity contribution in [3.05, 3.63) is 157 Å². The molecule has 0 spiro atoms. The van der Waals surface area contributed by atoms with Gasteiger partial charge in [-0.15, -0.1) is 0 Å². The molecule has 0 aliphatic rings. The summed E-state index contributed by atoms with van der Waals surface area (Å²) in [7, 11) is 10.8. The summed E-state index contributed by atoms with van der Waals surface area (Å²) >= 11 is 0. The van der Waals surface area contributed by atoms with Crippen molar-refractivity contribution in [2.24, 2.45) is 0 Å². The maximum absolute atomic E-state index is 7.65. The fourth-order valence-electron chi connectivity index (χ4n) is 6.21. The van der Waals surface area contributed by atoms with E-state index >= 15 is 0 Å². The van der Waals surface area contributed by atoms with Gasteiger partial charge in [-0.1, -0.05) is 105 Å². The highest BCUT2D eigenvalue weighted by atomic mass is 31.2. The highest BCUT2D eigenvalue weighted by molar-refractivity contribution is 8.09. The predicted octanol–water partition coefficient (Wildman–Crippen LogP) is 8.09. The van der Waals surface area contributed by atoms with E-state index in [-0.39, 0.29) is 11.3 Å². The summed E-state index contributed by atoms with van der Waals surface area (Å²) in [6.07, 6.45) is 1.91. The second kappa shape index (κ2) is 12.7. The van der Waals surface area contributed by atoms with Crippen molar-refractivity contribution in [3.63, 3.8) is 0 Å². The van der Waals surface area contributed by atoms with Gasteiger partial charge in [-0.3, -0.25) is 0 Å². The smallest absolute Gasteiger partial charge is 0.0620 e. The summed E-state index contributed by atoms with van der Waals surface area (Å²) in [4.78, 5) is 0. The fraction of sp³-hybridized carbons (Fsp3) is 0.167. The molecular formula is C36H36B2P2+2. The number of hydrogen-bond acceptors (Lipinski definition) is 0. The van der Waals surface area contributed by atoms with Gasteiger partial charge in [-0.2, -0.15) is 0 Å². The lowest BCUT2D eigenvalue weighted by molar-refractivity contribution is 0.859. The minimum atomic E-state index is -2.24. The van der Waals surface area contributed by atoms with E-state index in [2.05, 4.69) is 159 Å². The van der Waals surface area contributed by atoms with Gasteiger partial charge >= 0.3 is 15.1 Å². The highest BCUT2D eigenvalue weighted by Crippen LogP contribution is 2.67. The van der Waals surface area contributed by atoms with Gasteiger partial charge in [0.2, 0.25) is 0 Å². The molecule has 0 aromatic heterocycles. The topological polar surface area (TPSA) is 0 Å². The van der Waals surface area contributed by atoms with Crippen LogP contribution in [0.4, 0.5) is 0 Å².